The van der Waals surface area contributed by atoms with Crippen LogP contribution in [-0.2, 0) is 0 Å². The van der Waals surface area contributed by atoms with E-state index in [-0.39, 0.29) is 6.03 Å². The monoisotopic (exact) mass is 410 g/mol. The summed E-state index contributed by atoms with van der Waals surface area (Å²) in [7, 11) is 0. The first kappa shape index (κ1) is 21.6. The van der Waals surface area contributed by atoms with E-state index in [0.29, 0.717) is 23.0 Å². The van der Waals surface area contributed by atoms with Crippen LogP contribution in [0.4, 0.5) is 21.0 Å². The van der Waals surface area contributed by atoms with E-state index in [1.807, 2.05) is 71.0 Å². The van der Waals surface area contributed by atoms with Gasteiger partial charge in [0.05, 0.1) is 5.54 Å². The van der Waals surface area contributed by atoms with Crippen molar-refractivity contribution in [2.24, 2.45) is 0 Å². The van der Waals surface area contributed by atoms with E-state index in [1.165, 1.54) is 4.90 Å². The molecular formula is C23H30N4O3. The van der Waals surface area contributed by atoms with E-state index >= 15 is 0 Å². The number of carbonyl (C=O) groups excluding carboxylic acids is 2. The summed E-state index contributed by atoms with van der Waals surface area (Å²) in [6, 6.07) is 13.8. The maximum absolute atomic E-state index is 13.3. The lowest BCUT2D eigenvalue weighted by atomic mass is 9.99. The van der Waals surface area contributed by atoms with Crippen LogP contribution in [0.5, 0.6) is 0 Å². The molecule has 4 amide bonds. The molecule has 3 rings (SSSR count). The Morgan fingerprint density at radius 3 is 2.13 bits per heavy atom. The fourth-order valence-electron chi connectivity index (χ4n) is 3.84. The van der Waals surface area contributed by atoms with Crippen LogP contribution in [0.1, 0.15) is 38.3 Å². The Labute approximate surface area is 177 Å². The van der Waals surface area contributed by atoms with Crippen molar-refractivity contribution in [3.63, 3.8) is 0 Å². The minimum Gasteiger partial charge on any atom is -0.315 e. The highest BCUT2D eigenvalue weighted by atomic mass is 16.5. The second-order valence-electron chi connectivity index (χ2n) is 8.31. The predicted molar refractivity (Wildman–Crippen MR) is 118 cm³/mol. The Morgan fingerprint density at radius 2 is 1.60 bits per heavy atom. The number of urea groups is 2. The molecule has 2 aromatic rings. The molecule has 0 radical (unpaired) electrons. The van der Waals surface area contributed by atoms with Gasteiger partial charge < -0.3 is 10.2 Å². The number of hydroxylamine groups is 2. The van der Waals surface area contributed by atoms with Crippen LogP contribution < -0.4 is 10.2 Å². The standard InChI is InChI=1S/C23H30N4O3/c1-6-15-25-22(29)26(19-13-9-17(3)10-14-19)20(23(25,4)5)27(30)21(28)24-18-11-7-16(2)8-12-18/h7-14,20,30H,6,15H2,1-5H3,(H,24,28)/t20-/m1/s1. The molecule has 1 aliphatic heterocycles. The highest BCUT2D eigenvalue weighted by molar-refractivity contribution is 5.98. The van der Waals surface area contributed by atoms with Crippen molar-refractivity contribution in [2.75, 3.05) is 16.8 Å². The minimum atomic E-state index is -0.898. The van der Waals surface area contributed by atoms with Gasteiger partial charge in [0.2, 0.25) is 0 Å². The molecule has 1 aliphatic rings. The third-order valence-corrected chi connectivity index (χ3v) is 5.51. The number of hydrogen-bond acceptors (Lipinski definition) is 3. The Balaban J connectivity index is 1.95. The Hall–Kier alpha value is -3.06. The smallest absolute Gasteiger partial charge is 0.315 e. The van der Waals surface area contributed by atoms with Crippen LogP contribution in [0.2, 0.25) is 0 Å². The summed E-state index contributed by atoms with van der Waals surface area (Å²) in [6.07, 6.45) is -0.130. The van der Waals surface area contributed by atoms with Crippen LogP contribution in [0.15, 0.2) is 48.5 Å². The SMILES string of the molecule is CCCN1C(=O)N(c2ccc(C)cc2)[C@H](N(O)C(=O)Nc2ccc(C)cc2)C1(C)C. The first-order chi connectivity index (χ1) is 14.2. The average molecular weight is 411 g/mol. The molecule has 0 bridgehead atoms. The Kier molecular flexibility index (Phi) is 6.03. The molecular weight excluding hydrogens is 380 g/mol. The normalized spacial score (nSPS) is 17.9. The Bertz CT molecular complexity index is 909. The van der Waals surface area contributed by atoms with Gasteiger partial charge in [0.25, 0.3) is 0 Å². The molecule has 0 aliphatic carbocycles. The van der Waals surface area contributed by atoms with Crippen LogP contribution in [0.3, 0.4) is 0 Å². The number of aryl methyl sites for hydroxylation is 2. The number of hydrogen-bond donors (Lipinski definition) is 2. The third-order valence-electron chi connectivity index (χ3n) is 5.51. The van der Waals surface area contributed by atoms with Gasteiger partial charge in [-0.15, -0.1) is 0 Å². The van der Waals surface area contributed by atoms with Crippen molar-refractivity contribution in [3.05, 3.63) is 59.7 Å². The maximum atomic E-state index is 13.3. The van der Waals surface area contributed by atoms with Gasteiger partial charge in [-0.05, 0) is 58.4 Å². The third kappa shape index (κ3) is 3.98. The summed E-state index contributed by atoms with van der Waals surface area (Å²) in [5.74, 6) is 0. The van der Waals surface area contributed by atoms with Gasteiger partial charge in [-0.3, -0.25) is 10.1 Å². The van der Waals surface area contributed by atoms with Crippen molar-refractivity contribution in [1.82, 2.24) is 9.96 Å². The molecule has 0 saturated carbocycles. The molecule has 30 heavy (non-hydrogen) atoms. The fraction of sp³-hybridized carbons (Fsp3) is 0.391. The number of benzene rings is 2. The van der Waals surface area contributed by atoms with E-state index in [1.54, 1.807) is 17.0 Å². The molecule has 2 N–H and O–H groups in total. The van der Waals surface area contributed by atoms with Gasteiger partial charge in [0.1, 0.15) is 0 Å². The van der Waals surface area contributed by atoms with E-state index in [9.17, 15) is 14.8 Å². The summed E-state index contributed by atoms with van der Waals surface area (Å²) < 4.78 is 0. The van der Waals surface area contributed by atoms with Crippen LogP contribution in [0, 0.1) is 13.8 Å². The van der Waals surface area contributed by atoms with Crippen molar-refractivity contribution >= 4 is 23.4 Å². The lowest BCUT2D eigenvalue weighted by Crippen LogP contribution is -2.58. The lowest BCUT2D eigenvalue weighted by molar-refractivity contribution is -0.0948. The molecule has 7 nitrogen and oxygen atoms in total. The topological polar surface area (TPSA) is 76.1 Å². The zero-order valence-electron chi connectivity index (χ0n) is 18.2. The van der Waals surface area contributed by atoms with Crippen molar-refractivity contribution in [2.45, 2.75) is 52.7 Å². The summed E-state index contributed by atoms with van der Waals surface area (Å²) in [5.41, 5.74) is 2.52. The van der Waals surface area contributed by atoms with E-state index in [0.717, 1.165) is 17.5 Å². The molecule has 1 fully saturated rings. The lowest BCUT2D eigenvalue weighted by Gasteiger charge is -2.38. The molecule has 1 saturated heterocycles. The number of carbonyl (C=O) groups is 2. The minimum absolute atomic E-state index is 0.238. The maximum Gasteiger partial charge on any atom is 0.347 e. The molecule has 0 aromatic heterocycles. The highest BCUT2D eigenvalue weighted by Gasteiger charge is 2.55. The van der Waals surface area contributed by atoms with Gasteiger partial charge in [-0.1, -0.05) is 42.3 Å². The van der Waals surface area contributed by atoms with Gasteiger partial charge in [0, 0.05) is 17.9 Å². The number of amides is 4. The quantitative estimate of drug-likeness (QED) is 0.539. The van der Waals surface area contributed by atoms with Crippen molar-refractivity contribution in [1.29, 1.82) is 0 Å². The zero-order chi connectivity index (χ0) is 22.1. The summed E-state index contributed by atoms with van der Waals surface area (Å²) in [6.45, 7) is 10.2. The van der Waals surface area contributed by atoms with Crippen molar-refractivity contribution in [3.8, 4) is 0 Å². The summed E-state index contributed by atoms with van der Waals surface area (Å²) >= 11 is 0. The zero-order valence-corrected chi connectivity index (χ0v) is 18.2. The molecule has 0 spiro atoms. The highest BCUT2D eigenvalue weighted by Crippen LogP contribution is 2.38. The predicted octanol–water partition coefficient (Wildman–Crippen LogP) is 4.98. The van der Waals surface area contributed by atoms with Crippen molar-refractivity contribution < 1.29 is 14.8 Å². The van der Waals surface area contributed by atoms with E-state index < -0.39 is 17.7 Å². The number of anilines is 2. The first-order valence-corrected chi connectivity index (χ1v) is 10.2. The molecule has 2 aromatic carbocycles. The van der Waals surface area contributed by atoms with Gasteiger partial charge in [-0.25, -0.2) is 9.59 Å². The molecule has 0 unspecified atom stereocenters. The van der Waals surface area contributed by atoms with E-state index in [2.05, 4.69) is 5.32 Å². The van der Waals surface area contributed by atoms with Gasteiger partial charge in [0.15, 0.2) is 6.17 Å². The number of nitrogens with one attached hydrogen (secondary N) is 1. The van der Waals surface area contributed by atoms with Crippen LogP contribution in [-0.4, -0.2) is 45.5 Å². The van der Waals surface area contributed by atoms with Crippen LogP contribution >= 0.6 is 0 Å². The number of nitrogens with zero attached hydrogens (tertiary/aromatic N) is 3. The largest absolute Gasteiger partial charge is 0.347 e. The van der Waals surface area contributed by atoms with E-state index in [4.69, 9.17) is 0 Å². The molecule has 1 heterocycles. The summed E-state index contributed by atoms with van der Waals surface area (Å²) in [5, 5.41) is 14.3. The molecule has 160 valence electrons. The fourth-order valence-corrected chi connectivity index (χ4v) is 3.84. The average Bonchev–Trinajstić information content (AvgIpc) is 2.90. The number of rotatable bonds is 5. The second kappa shape index (κ2) is 8.36. The Morgan fingerprint density at radius 1 is 1.07 bits per heavy atom. The van der Waals surface area contributed by atoms with Gasteiger partial charge >= 0.3 is 12.1 Å². The van der Waals surface area contributed by atoms with Gasteiger partial charge in [-0.2, -0.15) is 5.06 Å². The molecule has 7 heteroatoms. The van der Waals surface area contributed by atoms with Crippen LogP contribution in [0.25, 0.3) is 0 Å². The first-order valence-electron chi connectivity index (χ1n) is 10.2. The molecule has 1 atom stereocenters. The summed E-state index contributed by atoms with van der Waals surface area (Å²) in [4.78, 5) is 29.4. The second-order valence-corrected chi connectivity index (χ2v) is 8.31.